The van der Waals surface area contributed by atoms with Crippen molar-refractivity contribution in [3.63, 3.8) is 0 Å². The van der Waals surface area contributed by atoms with Crippen LogP contribution < -0.4 is 5.32 Å². The first-order chi connectivity index (χ1) is 9.11. The van der Waals surface area contributed by atoms with Crippen molar-refractivity contribution in [2.45, 2.75) is 31.1 Å². The van der Waals surface area contributed by atoms with E-state index >= 15 is 0 Å². The Hall–Kier alpha value is -0.730. The van der Waals surface area contributed by atoms with Gasteiger partial charge in [0.2, 0.25) is 5.91 Å². The SMILES string of the molecule is O=C1Cc2cc(C(Cl)C3CC4CC4C3)c(Cl)cc2N1. The highest BCUT2D eigenvalue weighted by Gasteiger charge is 2.48. The van der Waals surface area contributed by atoms with E-state index in [-0.39, 0.29) is 11.3 Å². The van der Waals surface area contributed by atoms with Crippen LogP contribution in [0.1, 0.15) is 35.8 Å². The van der Waals surface area contributed by atoms with Crippen LogP contribution in [0.15, 0.2) is 12.1 Å². The summed E-state index contributed by atoms with van der Waals surface area (Å²) in [6.45, 7) is 0. The van der Waals surface area contributed by atoms with E-state index in [2.05, 4.69) is 5.32 Å². The molecule has 1 aliphatic heterocycles. The van der Waals surface area contributed by atoms with Crippen LogP contribution in [-0.4, -0.2) is 5.91 Å². The molecule has 19 heavy (non-hydrogen) atoms. The molecule has 2 saturated carbocycles. The van der Waals surface area contributed by atoms with Gasteiger partial charge in [-0.25, -0.2) is 0 Å². The van der Waals surface area contributed by atoms with E-state index in [1.807, 2.05) is 12.1 Å². The Kier molecular flexibility index (Phi) is 2.62. The molecule has 0 aromatic heterocycles. The number of amides is 1. The van der Waals surface area contributed by atoms with Gasteiger partial charge in [-0.2, -0.15) is 0 Å². The van der Waals surface area contributed by atoms with Gasteiger partial charge in [-0.3, -0.25) is 4.79 Å². The van der Waals surface area contributed by atoms with Crippen LogP contribution in [0.4, 0.5) is 5.69 Å². The predicted molar refractivity (Wildman–Crippen MR) is 76.7 cm³/mol. The van der Waals surface area contributed by atoms with E-state index in [4.69, 9.17) is 23.2 Å². The summed E-state index contributed by atoms with van der Waals surface area (Å²) in [6, 6.07) is 3.87. The Bertz CT molecular complexity index is 562. The maximum Gasteiger partial charge on any atom is 0.228 e. The fraction of sp³-hybridized carbons (Fsp3) is 0.533. The first-order valence-electron chi connectivity index (χ1n) is 6.88. The third kappa shape index (κ3) is 1.96. The highest BCUT2D eigenvalue weighted by atomic mass is 35.5. The minimum atomic E-state index is -0.0127. The molecule has 3 aliphatic rings. The van der Waals surface area contributed by atoms with Gasteiger partial charge in [0, 0.05) is 10.7 Å². The summed E-state index contributed by atoms with van der Waals surface area (Å²) in [5.74, 6) is 2.42. The molecule has 0 bridgehead atoms. The van der Waals surface area contributed by atoms with Gasteiger partial charge in [-0.15, -0.1) is 11.6 Å². The maximum atomic E-state index is 11.4. The lowest BCUT2D eigenvalue weighted by Crippen LogP contribution is -2.07. The molecular weight excluding hydrogens is 281 g/mol. The second kappa shape index (κ2) is 4.13. The van der Waals surface area contributed by atoms with Crippen LogP contribution >= 0.6 is 23.2 Å². The number of halogens is 2. The fourth-order valence-corrected chi connectivity index (χ4v) is 4.46. The Labute approximate surface area is 122 Å². The number of hydrogen-bond donors (Lipinski definition) is 1. The van der Waals surface area contributed by atoms with Crippen LogP contribution in [0.25, 0.3) is 0 Å². The second-order valence-corrected chi connectivity index (χ2v) is 7.02. The van der Waals surface area contributed by atoms with Crippen LogP contribution in [-0.2, 0) is 11.2 Å². The molecule has 0 spiro atoms. The monoisotopic (exact) mass is 295 g/mol. The van der Waals surface area contributed by atoms with Crippen molar-refractivity contribution in [3.8, 4) is 0 Å². The van der Waals surface area contributed by atoms with Crippen LogP contribution in [0.2, 0.25) is 5.02 Å². The zero-order valence-corrected chi connectivity index (χ0v) is 12.0. The van der Waals surface area contributed by atoms with E-state index in [1.165, 1.54) is 19.3 Å². The molecule has 1 heterocycles. The highest BCUT2D eigenvalue weighted by molar-refractivity contribution is 6.33. The number of carbonyl (C=O) groups excluding carboxylic acids is 1. The van der Waals surface area contributed by atoms with E-state index < -0.39 is 0 Å². The third-order valence-electron chi connectivity index (χ3n) is 4.84. The Morgan fingerprint density at radius 1 is 1.21 bits per heavy atom. The number of anilines is 1. The number of nitrogens with one attached hydrogen (secondary N) is 1. The van der Waals surface area contributed by atoms with Gasteiger partial charge in [-0.1, -0.05) is 17.7 Å². The van der Waals surface area contributed by atoms with Crippen molar-refractivity contribution < 1.29 is 4.79 Å². The van der Waals surface area contributed by atoms with Gasteiger partial charge in [0.25, 0.3) is 0 Å². The average molecular weight is 296 g/mol. The van der Waals surface area contributed by atoms with E-state index in [1.54, 1.807) is 0 Å². The van der Waals surface area contributed by atoms with E-state index in [0.717, 1.165) is 28.7 Å². The van der Waals surface area contributed by atoms with Crippen molar-refractivity contribution in [2.24, 2.45) is 17.8 Å². The van der Waals surface area contributed by atoms with Crippen molar-refractivity contribution in [2.75, 3.05) is 5.32 Å². The summed E-state index contributed by atoms with van der Waals surface area (Å²) >= 11 is 13.0. The molecule has 100 valence electrons. The lowest BCUT2D eigenvalue weighted by Gasteiger charge is -2.20. The summed E-state index contributed by atoms with van der Waals surface area (Å²) < 4.78 is 0. The summed E-state index contributed by atoms with van der Waals surface area (Å²) in [5.41, 5.74) is 2.87. The van der Waals surface area contributed by atoms with Crippen molar-refractivity contribution in [1.82, 2.24) is 0 Å². The summed E-state index contributed by atoms with van der Waals surface area (Å²) in [5, 5.41) is 3.49. The summed E-state index contributed by atoms with van der Waals surface area (Å²) in [6.07, 6.45) is 4.32. The van der Waals surface area contributed by atoms with Gasteiger partial charge >= 0.3 is 0 Å². The van der Waals surface area contributed by atoms with Gasteiger partial charge in [0.15, 0.2) is 0 Å². The number of fused-ring (bicyclic) bond motifs is 2. The van der Waals surface area contributed by atoms with Gasteiger partial charge in [0.05, 0.1) is 11.8 Å². The molecular formula is C15H15Cl2NO. The maximum absolute atomic E-state index is 11.4. The molecule has 0 saturated heterocycles. The van der Waals surface area contributed by atoms with Crippen LogP contribution in [0, 0.1) is 17.8 Å². The minimum absolute atomic E-state index is 0.0127. The number of hydrogen-bond acceptors (Lipinski definition) is 1. The largest absolute Gasteiger partial charge is 0.325 e. The van der Waals surface area contributed by atoms with E-state index in [9.17, 15) is 4.79 Å². The molecule has 4 rings (SSSR count). The van der Waals surface area contributed by atoms with Crippen molar-refractivity contribution >= 4 is 34.8 Å². The van der Waals surface area contributed by atoms with Crippen molar-refractivity contribution in [1.29, 1.82) is 0 Å². The van der Waals surface area contributed by atoms with Gasteiger partial charge in [0.1, 0.15) is 0 Å². The topological polar surface area (TPSA) is 29.1 Å². The summed E-state index contributed by atoms with van der Waals surface area (Å²) in [4.78, 5) is 11.4. The number of carbonyl (C=O) groups is 1. The lowest BCUT2D eigenvalue weighted by molar-refractivity contribution is -0.115. The molecule has 2 fully saturated rings. The van der Waals surface area contributed by atoms with Crippen LogP contribution in [0.3, 0.4) is 0 Å². The molecule has 2 nitrogen and oxygen atoms in total. The molecule has 1 amide bonds. The molecule has 1 aromatic carbocycles. The standard InChI is InChI=1S/C15H15Cl2NO/c16-12-6-13-9(5-14(19)18-13)4-11(12)15(17)10-2-7-1-8(7)3-10/h4,6-8,10,15H,1-3,5H2,(H,18,19). The molecule has 2 aliphatic carbocycles. The number of benzene rings is 1. The lowest BCUT2D eigenvalue weighted by atomic mass is 9.93. The Balaban J connectivity index is 1.63. The first kappa shape index (κ1) is 12.0. The molecule has 1 aromatic rings. The van der Waals surface area contributed by atoms with E-state index in [0.29, 0.717) is 17.4 Å². The average Bonchev–Trinajstić information content (AvgIpc) is 2.81. The fourth-order valence-electron chi connectivity index (χ4n) is 3.73. The molecule has 1 N–H and O–H groups in total. The number of rotatable bonds is 2. The second-order valence-electron chi connectivity index (χ2n) is 6.14. The molecule has 4 heteroatoms. The summed E-state index contributed by atoms with van der Waals surface area (Å²) in [7, 11) is 0. The smallest absolute Gasteiger partial charge is 0.228 e. The van der Waals surface area contributed by atoms with Crippen LogP contribution in [0.5, 0.6) is 0 Å². The molecule has 3 unspecified atom stereocenters. The predicted octanol–water partition coefficient (Wildman–Crippen LogP) is 4.16. The quantitative estimate of drug-likeness (QED) is 0.816. The van der Waals surface area contributed by atoms with Gasteiger partial charge in [-0.05, 0) is 54.2 Å². The zero-order valence-electron chi connectivity index (χ0n) is 10.5. The molecule has 3 atom stereocenters. The number of alkyl halides is 1. The van der Waals surface area contributed by atoms with Gasteiger partial charge < -0.3 is 5.32 Å². The molecule has 0 radical (unpaired) electrons. The zero-order chi connectivity index (χ0) is 13.1. The Morgan fingerprint density at radius 3 is 2.68 bits per heavy atom. The normalized spacial score (nSPS) is 32.7. The highest BCUT2D eigenvalue weighted by Crippen LogP contribution is 2.58. The first-order valence-corrected chi connectivity index (χ1v) is 7.69. The minimum Gasteiger partial charge on any atom is -0.325 e. The van der Waals surface area contributed by atoms with Crippen molar-refractivity contribution in [3.05, 3.63) is 28.3 Å². The Morgan fingerprint density at radius 2 is 1.95 bits per heavy atom. The third-order valence-corrected chi connectivity index (χ3v) is 5.76.